The van der Waals surface area contributed by atoms with Gasteiger partial charge in [0.1, 0.15) is 0 Å². The Morgan fingerprint density at radius 2 is 2.00 bits per heavy atom. The molecule has 5 heteroatoms. The summed E-state index contributed by atoms with van der Waals surface area (Å²) >= 11 is 0. The van der Waals surface area contributed by atoms with Crippen LogP contribution in [0, 0.1) is 5.41 Å². The van der Waals surface area contributed by atoms with Gasteiger partial charge in [0.2, 0.25) is 0 Å². The summed E-state index contributed by atoms with van der Waals surface area (Å²) in [6, 6.07) is -0.414. The summed E-state index contributed by atoms with van der Waals surface area (Å²) in [4.78, 5) is 24.8. The monoisotopic (exact) mass is 242 g/mol. The molecule has 0 aromatic heterocycles. The number of nitrogens with zero attached hydrogens (tertiary/aromatic N) is 1. The van der Waals surface area contributed by atoms with Gasteiger partial charge in [0.15, 0.2) is 0 Å². The van der Waals surface area contributed by atoms with Crippen molar-refractivity contribution in [1.82, 2.24) is 10.2 Å². The lowest BCUT2D eigenvalue weighted by Crippen LogP contribution is -2.51. The van der Waals surface area contributed by atoms with E-state index in [1.807, 2.05) is 13.8 Å². The number of carboxylic acid groups (broad SMARTS) is 1. The molecule has 0 aliphatic heterocycles. The van der Waals surface area contributed by atoms with Gasteiger partial charge in [0.25, 0.3) is 0 Å². The number of nitrogens with one attached hydrogen (secondary N) is 1. The van der Waals surface area contributed by atoms with E-state index in [1.54, 1.807) is 11.8 Å². The first-order chi connectivity index (χ1) is 7.95. The minimum absolute atomic E-state index is 0.158. The molecular formula is C12H22N2O3. The van der Waals surface area contributed by atoms with Crippen molar-refractivity contribution in [2.24, 2.45) is 5.41 Å². The van der Waals surface area contributed by atoms with Gasteiger partial charge in [-0.1, -0.05) is 6.42 Å². The van der Waals surface area contributed by atoms with E-state index in [0.717, 1.165) is 12.8 Å². The van der Waals surface area contributed by atoms with Crippen LogP contribution >= 0.6 is 0 Å². The number of carboxylic acids is 1. The molecule has 1 aliphatic rings. The number of carbonyl (C=O) groups excluding carboxylic acids is 1. The van der Waals surface area contributed by atoms with Crippen LogP contribution in [0.1, 0.15) is 40.0 Å². The van der Waals surface area contributed by atoms with Gasteiger partial charge in [-0.05, 0) is 33.6 Å². The van der Waals surface area contributed by atoms with E-state index < -0.39 is 11.4 Å². The van der Waals surface area contributed by atoms with Crippen LogP contribution in [0.4, 0.5) is 4.79 Å². The van der Waals surface area contributed by atoms with Crippen molar-refractivity contribution in [2.75, 3.05) is 13.1 Å². The Morgan fingerprint density at radius 1 is 1.41 bits per heavy atom. The molecule has 2 amide bonds. The summed E-state index contributed by atoms with van der Waals surface area (Å²) in [6.45, 7) is 6.81. The van der Waals surface area contributed by atoms with Crippen LogP contribution in [-0.4, -0.2) is 41.1 Å². The second-order valence-electron chi connectivity index (χ2n) is 4.79. The summed E-state index contributed by atoms with van der Waals surface area (Å²) in [5, 5.41) is 12.1. The highest BCUT2D eigenvalue weighted by molar-refractivity contribution is 5.79. The molecule has 5 nitrogen and oxygen atoms in total. The highest BCUT2D eigenvalue weighted by Crippen LogP contribution is 2.38. The highest BCUT2D eigenvalue weighted by Gasteiger charge is 2.46. The fraction of sp³-hybridized carbons (Fsp3) is 0.833. The third kappa shape index (κ3) is 2.70. The molecule has 1 fully saturated rings. The fourth-order valence-corrected chi connectivity index (χ4v) is 2.40. The zero-order valence-corrected chi connectivity index (χ0v) is 10.8. The lowest BCUT2D eigenvalue weighted by atomic mass is 9.85. The summed E-state index contributed by atoms with van der Waals surface area (Å²) in [7, 11) is 0. The molecule has 0 aromatic carbocycles. The molecule has 1 aliphatic carbocycles. The molecule has 0 radical (unpaired) electrons. The van der Waals surface area contributed by atoms with Gasteiger partial charge in [0.05, 0.1) is 5.41 Å². The number of aliphatic carboxylic acids is 1. The third-order valence-corrected chi connectivity index (χ3v) is 3.79. The predicted molar refractivity (Wildman–Crippen MR) is 64.8 cm³/mol. The zero-order valence-electron chi connectivity index (χ0n) is 10.8. The Kier molecular flexibility index (Phi) is 4.37. The minimum Gasteiger partial charge on any atom is -0.481 e. The second kappa shape index (κ2) is 5.38. The van der Waals surface area contributed by atoms with Crippen molar-refractivity contribution >= 4 is 12.0 Å². The molecule has 0 bridgehead atoms. The van der Waals surface area contributed by atoms with Crippen LogP contribution in [-0.2, 0) is 4.79 Å². The number of urea groups is 1. The maximum absolute atomic E-state index is 11.9. The summed E-state index contributed by atoms with van der Waals surface area (Å²) in [6.07, 6.45) is 2.23. The van der Waals surface area contributed by atoms with E-state index in [-0.39, 0.29) is 12.1 Å². The molecular weight excluding hydrogens is 220 g/mol. The topological polar surface area (TPSA) is 69.6 Å². The molecule has 2 atom stereocenters. The number of carbonyl (C=O) groups is 2. The average molecular weight is 242 g/mol. The van der Waals surface area contributed by atoms with Gasteiger partial charge in [-0.2, -0.15) is 0 Å². The minimum atomic E-state index is -0.820. The van der Waals surface area contributed by atoms with Gasteiger partial charge < -0.3 is 15.3 Å². The first kappa shape index (κ1) is 13.8. The lowest BCUT2D eigenvalue weighted by Gasteiger charge is -2.30. The van der Waals surface area contributed by atoms with E-state index in [0.29, 0.717) is 19.5 Å². The van der Waals surface area contributed by atoms with Crippen molar-refractivity contribution in [2.45, 2.75) is 46.1 Å². The van der Waals surface area contributed by atoms with Crippen molar-refractivity contribution in [3.8, 4) is 0 Å². The Balaban J connectivity index is 2.68. The van der Waals surface area contributed by atoms with Crippen LogP contribution in [0.2, 0.25) is 0 Å². The average Bonchev–Trinajstić information content (AvgIpc) is 2.63. The molecule has 1 rings (SSSR count). The van der Waals surface area contributed by atoms with E-state index in [1.165, 1.54) is 0 Å². The smallest absolute Gasteiger partial charge is 0.317 e. The quantitative estimate of drug-likeness (QED) is 0.788. The van der Waals surface area contributed by atoms with E-state index in [9.17, 15) is 14.7 Å². The van der Waals surface area contributed by atoms with Crippen molar-refractivity contribution in [3.63, 3.8) is 0 Å². The van der Waals surface area contributed by atoms with Gasteiger partial charge in [-0.3, -0.25) is 4.79 Å². The molecule has 2 N–H and O–H groups in total. The fourth-order valence-electron chi connectivity index (χ4n) is 2.40. The van der Waals surface area contributed by atoms with Crippen molar-refractivity contribution < 1.29 is 14.7 Å². The number of hydrogen-bond acceptors (Lipinski definition) is 2. The molecule has 98 valence electrons. The predicted octanol–water partition coefficient (Wildman–Crippen LogP) is 1.68. The van der Waals surface area contributed by atoms with Crippen molar-refractivity contribution in [3.05, 3.63) is 0 Å². The molecule has 0 aromatic rings. The van der Waals surface area contributed by atoms with Gasteiger partial charge in [-0.25, -0.2) is 4.79 Å². The molecule has 17 heavy (non-hydrogen) atoms. The van der Waals surface area contributed by atoms with Crippen LogP contribution in [0.25, 0.3) is 0 Å². The number of hydrogen-bond donors (Lipinski definition) is 2. The normalized spacial score (nSPS) is 27.8. The number of rotatable bonds is 4. The molecule has 0 spiro atoms. The van der Waals surface area contributed by atoms with Crippen LogP contribution in [0.15, 0.2) is 0 Å². The lowest BCUT2D eigenvalue weighted by molar-refractivity contribution is -0.148. The first-order valence-electron chi connectivity index (χ1n) is 6.24. The SMILES string of the molecule is CCN(CC)C(=O)NC1CCCC1(C)C(=O)O. The molecule has 1 saturated carbocycles. The maximum Gasteiger partial charge on any atom is 0.317 e. The van der Waals surface area contributed by atoms with Gasteiger partial charge in [0, 0.05) is 19.1 Å². The van der Waals surface area contributed by atoms with Gasteiger partial charge >= 0.3 is 12.0 Å². The summed E-state index contributed by atoms with van der Waals surface area (Å²) < 4.78 is 0. The summed E-state index contributed by atoms with van der Waals surface area (Å²) in [5.74, 6) is -0.820. The Labute approximate surface area is 102 Å². The molecule has 2 unspecified atom stereocenters. The Morgan fingerprint density at radius 3 is 2.47 bits per heavy atom. The first-order valence-corrected chi connectivity index (χ1v) is 6.24. The van der Waals surface area contributed by atoms with E-state index in [2.05, 4.69) is 5.32 Å². The molecule has 0 heterocycles. The zero-order chi connectivity index (χ0) is 13.1. The highest BCUT2D eigenvalue weighted by atomic mass is 16.4. The largest absolute Gasteiger partial charge is 0.481 e. The Bertz CT molecular complexity index is 302. The van der Waals surface area contributed by atoms with Crippen LogP contribution in [0.5, 0.6) is 0 Å². The van der Waals surface area contributed by atoms with E-state index in [4.69, 9.17) is 0 Å². The standard InChI is InChI=1S/C12H22N2O3/c1-4-14(5-2)11(17)13-9-7-6-8-12(9,3)10(15)16/h9H,4-8H2,1-3H3,(H,13,17)(H,15,16). The summed E-state index contributed by atoms with van der Waals surface area (Å²) in [5.41, 5.74) is -0.817. The van der Waals surface area contributed by atoms with E-state index >= 15 is 0 Å². The van der Waals surface area contributed by atoms with Crippen LogP contribution < -0.4 is 5.32 Å². The second-order valence-corrected chi connectivity index (χ2v) is 4.79. The van der Waals surface area contributed by atoms with Crippen molar-refractivity contribution in [1.29, 1.82) is 0 Å². The van der Waals surface area contributed by atoms with Gasteiger partial charge in [-0.15, -0.1) is 0 Å². The maximum atomic E-state index is 11.9. The molecule has 0 saturated heterocycles. The van der Waals surface area contributed by atoms with Crippen LogP contribution in [0.3, 0.4) is 0 Å². The third-order valence-electron chi connectivity index (χ3n) is 3.79. The Hall–Kier alpha value is -1.26. The number of amides is 2.